The first-order valence-corrected chi connectivity index (χ1v) is 2.57. The number of nitrogens with zero attached hydrogens (tertiary/aromatic N) is 2. The molecule has 4 heteroatoms. The van der Waals surface area contributed by atoms with Crippen molar-refractivity contribution in [2.75, 3.05) is 13.1 Å². The van der Waals surface area contributed by atoms with E-state index in [1.807, 2.05) is 0 Å². The zero-order valence-corrected chi connectivity index (χ0v) is 4.41. The second-order valence-corrected chi connectivity index (χ2v) is 1.86. The van der Waals surface area contributed by atoms with Gasteiger partial charge in [0, 0.05) is 17.9 Å². The fraction of sp³-hybridized carbons (Fsp3) is 1.00. The summed E-state index contributed by atoms with van der Waals surface area (Å²) in [6, 6.07) is -0.380. The molecule has 0 spiro atoms. The van der Waals surface area contributed by atoms with Crippen LogP contribution in [0.1, 0.15) is 6.42 Å². The van der Waals surface area contributed by atoms with E-state index in [1.54, 1.807) is 0 Å². The number of hydrogen-bond acceptors (Lipinski definition) is 2. The van der Waals surface area contributed by atoms with Crippen LogP contribution in [-0.4, -0.2) is 24.1 Å². The smallest absolute Gasteiger partial charge is 0.228 e. The van der Waals surface area contributed by atoms with Gasteiger partial charge in [0.05, 0.1) is 6.54 Å². The number of rotatable bonds is 1. The molecule has 1 fully saturated rings. The van der Waals surface area contributed by atoms with Crippen LogP contribution in [0.25, 0.3) is 0 Å². The van der Waals surface area contributed by atoms with E-state index in [2.05, 4.69) is 5.32 Å². The Morgan fingerprint density at radius 3 is 2.75 bits per heavy atom. The summed E-state index contributed by atoms with van der Waals surface area (Å²) >= 11 is 0. The van der Waals surface area contributed by atoms with Crippen LogP contribution in [0, 0.1) is 10.1 Å². The summed E-state index contributed by atoms with van der Waals surface area (Å²) in [5.41, 5.74) is 0. The molecule has 45 valence electrons. The van der Waals surface area contributed by atoms with E-state index in [1.165, 1.54) is 0 Å². The van der Waals surface area contributed by atoms with Gasteiger partial charge in [-0.05, 0) is 0 Å². The molecular formula is C4H7N2O2. The van der Waals surface area contributed by atoms with Crippen molar-refractivity contribution >= 4 is 0 Å². The third-order valence-electron chi connectivity index (χ3n) is 1.26. The van der Waals surface area contributed by atoms with Gasteiger partial charge in [-0.1, -0.05) is 0 Å². The lowest BCUT2D eigenvalue weighted by molar-refractivity contribution is -0.517. The van der Waals surface area contributed by atoms with Crippen LogP contribution in [0.15, 0.2) is 0 Å². The largest absolute Gasteiger partial charge is 0.264 e. The molecular weight excluding hydrogens is 108 g/mol. The topological polar surface area (TPSA) is 57.2 Å². The Kier molecular flexibility index (Phi) is 1.43. The molecule has 1 aliphatic heterocycles. The molecule has 1 saturated heterocycles. The molecule has 0 amide bonds. The van der Waals surface area contributed by atoms with Crippen molar-refractivity contribution < 1.29 is 4.92 Å². The maximum absolute atomic E-state index is 9.95. The van der Waals surface area contributed by atoms with Crippen LogP contribution in [-0.2, 0) is 0 Å². The Balaban J connectivity index is 2.35. The first-order valence-electron chi connectivity index (χ1n) is 2.57. The summed E-state index contributed by atoms with van der Waals surface area (Å²) < 4.78 is 0. The molecule has 0 aromatic heterocycles. The van der Waals surface area contributed by atoms with Gasteiger partial charge in [0.1, 0.15) is 0 Å². The summed E-state index contributed by atoms with van der Waals surface area (Å²) in [6.45, 7) is 1.10. The minimum absolute atomic E-state index is 0.253. The van der Waals surface area contributed by atoms with Crippen LogP contribution in [0.3, 0.4) is 0 Å². The number of hydrogen-bond donors (Lipinski definition) is 0. The quantitative estimate of drug-likeness (QED) is 0.346. The van der Waals surface area contributed by atoms with E-state index in [4.69, 9.17) is 0 Å². The van der Waals surface area contributed by atoms with E-state index in [0.29, 0.717) is 19.5 Å². The minimum atomic E-state index is -0.380. The summed E-state index contributed by atoms with van der Waals surface area (Å²) in [7, 11) is 0. The van der Waals surface area contributed by atoms with E-state index in [9.17, 15) is 10.1 Å². The molecule has 1 unspecified atom stereocenters. The first-order chi connectivity index (χ1) is 3.80. The molecule has 8 heavy (non-hydrogen) atoms. The van der Waals surface area contributed by atoms with E-state index in [-0.39, 0.29) is 11.0 Å². The van der Waals surface area contributed by atoms with Crippen molar-refractivity contribution in [2.24, 2.45) is 0 Å². The monoisotopic (exact) mass is 115 g/mol. The fourth-order valence-electron chi connectivity index (χ4n) is 0.744. The van der Waals surface area contributed by atoms with Gasteiger partial charge in [-0.3, -0.25) is 10.1 Å². The third kappa shape index (κ3) is 0.949. The fourth-order valence-corrected chi connectivity index (χ4v) is 0.744. The van der Waals surface area contributed by atoms with Crippen LogP contribution >= 0.6 is 0 Å². The van der Waals surface area contributed by atoms with Crippen LogP contribution in [0.2, 0.25) is 0 Å². The van der Waals surface area contributed by atoms with Crippen molar-refractivity contribution in [3.05, 3.63) is 10.1 Å². The van der Waals surface area contributed by atoms with E-state index < -0.39 is 0 Å². The van der Waals surface area contributed by atoms with Crippen molar-refractivity contribution in [1.29, 1.82) is 0 Å². The SMILES string of the molecule is O=[N+]([O-])C1CC[N]C1. The average Bonchev–Trinajstić information content (AvgIpc) is 2.12. The molecule has 1 atom stereocenters. The molecule has 0 saturated carbocycles. The van der Waals surface area contributed by atoms with E-state index in [0.717, 1.165) is 0 Å². The Morgan fingerprint density at radius 1 is 1.75 bits per heavy atom. The van der Waals surface area contributed by atoms with Crippen LogP contribution in [0.5, 0.6) is 0 Å². The maximum atomic E-state index is 9.95. The lowest BCUT2D eigenvalue weighted by Crippen LogP contribution is -2.19. The van der Waals surface area contributed by atoms with Gasteiger partial charge in [0.25, 0.3) is 0 Å². The van der Waals surface area contributed by atoms with E-state index >= 15 is 0 Å². The molecule has 0 aromatic rings. The molecule has 0 bridgehead atoms. The van der Waals surface area contributed by atoms with Gasteiger partial charge in [-0.2, -0.15) is 0 Å². The average molecular weight is 115 g/mol. The predicted molar refractivity (Wildman–Crippen MR) is 27.3 cm³/mol. The Bertz CT molecular complexity index is 98.2. The summed E-state index contributed by atoms with van der Waals surface area (Å²) in [5, 5.41) is 13.8. The normalized spacial score (nSPS) is 28.2. The molecule has 1 rings (SSSR count). The molecule has 1 aliphatic rings. The standard InChI is InChI=1S/C4H7N2O2/c7-6(8)4-1-2-5-3-4/h4H,1-3H2. The van der Waals surface area contributed by atoms with Crippen LogP contribution in [0.4, 0.5) is 0 Å². The highest BCUT2D eigenvalue weighted by Crippen LogP contribution is 2.01. The lowest BCUT2D eigenvalue weighted by Gasteiger charge is -1.94. The minimum Gasteiger partial charge on any atom is -0.264 e. The highest BCUT2D eigenvalue weighted by Gasteiger charge is 2.24. The predicted octanol–water partition coefficient (Wildman–Crippen LogP) is -0.360. The summed E-state index contributed by atoms with van der Waals surface area (Å²) in [5.74, 6) is 0. The lowest BCUT2D eigenvalue weighted by atomic mass is 10.3. The first kappa shape index (κ1) is 5.50. The third-order valence-corrected chi connectivity index (χ3v) is 1.26. The Morgan fingerprint density at radius 2 is 2.50 bits per heavy atom. The molecule has 4 nitrogen and oxygen atoms in total. The highest BCUT2D eigenvalue weighted by molar-refractivity contribution is 4.68. The van der Waals surface area contributed by atoms with Gasteiger partial charge in [0.2, 0.25) is 6.04 Å². The zero-order valence-electron chi connectivity index (χ0n) is 4.41. The van der Waals surface area contributed by atoms with Gasteiger partial charge in [-0.15, -0.1) is 0 Å². The summed E-state index contributed by atoms with van der Waals surface area (Å²) in [6.07, 6.45) is 0.632. The maximum Gasteiger partial charge on any atom is 0.228 e. The van der Waals surface area contributed by atoms with Gasteiger partial charge < -0.3 is 0 Å². The molecule has 0 aliphatic carbocycles. The molecule has 0 N–H and O–H groups in total. The summed E-state index contributed by atoms with van der Waals surface area (Å²) in [4.78, 5) is 9.69. The number of nitro groups is 1. The molecule has 1 heterocycles. The second-order valence-electron chi connectivity index (χ2n) is 1.86. The van der Waals surface area contributed by atoms with Gasteiger partial charge >= 0.3 is 0 Å². The van der Waals surface area contributed by atoms with Crippen molar-refractivity contribution in [2.45, 2.75) is 12.5 Å². The molecule has 1 radical (unpaired) electrons. The van der Waals surface area contributed by atoms with Crippen molar-refractivity contribution in [1.82, 2.24) is 5.32 Å². The van der Waals surface area contributed by atoms with Crippen molar-refractivity contribution in [3.8, 4) is 0 Å². The van der Waals surface area contributed by atoms with Crippen molar-refractivity contribution in [3.63, 3.8) is 0 Å². The van der Waals surface area contributed by atoms with Crippen LogP contribution < -0.4 is 5.32 Å². The Labute approximate surface area is 47.0 Å². The van der Waals surface area contributed by atoms with Gasteiger partial charge in [0.15, 0.2) is 0 Å². The van der Waals surface area contributed by atoms with Gasteiger partial charge in [-0.25, -0.2) is 5.32 Å². The zero-order chi connectivity index (χ0) is 5.98. The second kappa shape index (κ2) is 2.09. The highest BCUT2D eigenvalue weighted by atomic mass is 16.6. The Hall–Kier alpha value is -0.640. The molecule has 0 aromatic carbocycles.